The number of hydrogen-bond acceptors (Lipinski definition) is 6. The van der Waals surface area contributed by atoms with E-state index in [0.29, 0.717) is 22.5 Å². The highest BCUT2D eigenvalue weighted by Crippen LogP contribution is 2.29. The smallest absolute Gasteiger partial charge is 0.229 e. The molecule has 0 radical (unpaired) electrons. The van der Waals surface area contributed by atoms with Crippen LogP contribution in [0.15, 0.2) is 40.9 Å². The lowest BCUT2D eigenvalue weighted by Gasteiger charge is -2.18. The van der Waals surface area contributed by atoms with Crippen LogP contribution in [-0.4, -0.2) is 60.5 Å². The fourth-order valence-electron chi connectivity index (χ4n) is 2.67. The van der Waals surface area contributed by atoms with Gasteiger partial charge in [-0.3, -0.25) is 4.72 Å². The highest BCUT2D eigenvalue weighted by molar-refractivity contribution is 9.10. The molecule has 0 aliphatic carbocycles. The van der Waals surface area contributed by atoms with Crippen molar-refractivity contribution in [1.82, 2.24) is 4.90 Å². The summed E-state index contributed by atoms with van der Waals surface area (Å²) in [6.07, 6.45) is 2.00. The standard InChI is InChI=1S/C20H27BrN2O5S/c1-23(10-9-15-5-7-19(26-2)20(13-15)27-3)11-12-28-18-8-6-16(14-17(18)21)22-29(4,24)25/h5-8,13-14,22H,9-12H2,1-4H3. The number of halogens is 1. The van der Waals surface area contributed by atoms with Gasteiger partial charge >= 0.3 is 0 Å². The van der Waals surface area contributed by atoms with Gasteiger partial charge in [-0.2, -0.15) is 0 Å². The quantitative estimate of drug-likeness (QED) is 0.524. The first-order chi connectivity index (χ1) is 13.7. The Kier molecular flexibility index (Phi) is 8.60. The van der Waals surface area contributed by atoms with Crippen molar-refractivity contribution in [3.8, 4) is 17.2 Å². The van der Waals surface area contributed by atoms with E-state index < -0.39 is 10.0 Å². The summed E-state index contributed by atoms with van der Waals surface area (Å²) in [6.45, 7) is 2.14. The number of benzene rings is 2. The summed E-state index contributed by atoms with van der Waals surface area (Å²) < 4.78 is 42.1. The summed E-state index contributed by atoms with van der Waals surface area (Å²) in [5, 5.41) is 0. The molecular formula is C20H27BrN2O5S. The molecule has 0 aliphatic heterocycles. The van der Waals surface area contributed by atoms with Crippen molar-refractivity contribution in [3.05, 3.63) is 46.4 Å². The van der Waals surface area contributed by atoms with Crippen LogP contribution in [-0.2, 0) is 16.4 Å². The van der Waals surface area contributed by atoms with Crippen molar-refractivity contribution in [2.75, 3.05) is 51.9 Å². The van der Waals surface area contributed by atoms with E-state index >= 15 is 0 Å². The Balaban J connectivity index is 1.80. The third-order valence-electron chi connectivity index (χ3n) is 4.20. The normalized spacial score (nSPS) is 11.4. The molecule has 1 N–H and O–H groups in total. The first kappa shape index (κ1) is 23.3. The summed E-state index contributed by atoms with van der Waals surface area (Å²) >= 11 is 3.41. The van der Waals surface area contributed by atoms with E-state index in [1.165, 1.54) is 5.56 Å². The molecule has 0 aliphatic rings. The van der Waals surface area contributed by atoms with Gasteiger partial charge in [-0.05, 0) is 65.3 Å². The number of anilines is 1. The Labute approximate surface area is 181 Å². The Morgan fingerprint density at radius 1 is 1.00 bits per heavy atom. The van der Waals surface area contributed by atoms with Crippen molar-refractivity contribution >= 4 is 31.6 Å². The van der Waals surface area contributed by atoms with Gasteiger partial charge in [-0.15, -0.1) is 0 Å². The topological polar surface area (TPSA) is 77.1 Å². The molecule has 0 bridgehead atoms. The van der Waals surface area contributed by atoms with Crippen LogP contribution >= 0.6 is 15.9 Å². The summed E-state index contributed by atoms with van der Waals surface area (Å²) in [6, 6.07) is 11.0. The van der Waals surface area contributed by atoms with Gasteiger partial charge in [0.25, 0.3) is 0 Å². The van der Waals surface area contributed by atoms with Crippen molar-refractivity contribution in [1.29, 1.82) is 0 Å². The highest BCUT2D eigenvalue weighted by atomic mass is 79.9. The number of hydrogen-bond donors (Lipinski definition) is 1. The maximum absolute atomic E-state index is 11.3. The number of ether oxygens (including phenoxy) is 3. The van der Waals surface area contributed by atoms with Crippen LogP contribution in [0.3, 0.4) is 0 Å². The van der Waals surface area contributed by atoms with E-state index in [1.807, 2.05) is 25.2 Å². The molecule has 0 spiro atoms. The Morgan fingerprint density at radius 3 is 2.31 bits per heavy atom. The number of nitrogens with one attached hydrogen (secondary N) is 1. The maximum Gasteiger partial charge on any atom is 0.229 e. The fraction of sp³-hybridized carbons (Fsp3) is 0.400. The number of sulfonamides is 1. The minimum Gasteiger partial charge on any atom is -0.493 e. The second kappa shape index (κ2) is 10.7. The minimum absolute atomic E-state index is 0.485. The molecule has 0 amide bonds. The van der Waals surface area contributed by atoms with Crippen LogP contribution in [0.1, 0.15) is 5.56 Å². The van der Waals surface area contributed by atoms with Gasteiger partial charge in [-0.25, -0.2) is 8.42 Å². The van der Waals surface area contributed by atoms with Gasteiger partial charge in [-0.1, -0.05) is 6.07 Å². The molecule has 0 heterocycles. The van der Waals surface area contributed by atoms with Crippen LogP contribution in [0.5, 0.6) is 17.2 Å². The van der Waals surface area contributed by atoms with E-state index in [1.54, 1.807) is 32.4 Å². The molecule has 0 atom stereocenters. The molecule has 0 saturated carbocycles. The van der Waals surface area contributed by atoms with Crippen LogP contribution in [0, 0.1) is 0 Å². The van der Waals surface area contributed by atoms with Crippen LogP contribution in [0.25, 0.3) is 0 Å². The third kappa shape index (κ3) is 7.75. The zero-order valence-electron chi connectivity index (χ0n) is 17.1. The summed E-state index contributed by atoms with van der Waals surface area (Å²) in [7, 11) is 1.99. The van der Waals surface area contributed by atoms with Crippen LogP contribution in [0.2, 0.25) is 0 Å². The minimum atomic E-state index is -3.31. The molecule has 0 unspecified atom stereocenters. The van der Waals surface area contributed by atoms with Crippen molar-refractivity contribution in [2.45, 2.75) is 6.42 Å². The predicted molar refractivity (Wildman–Crippen MR) is 119 cm³/mol. The molecular weight excluding hydrogens is 460 g/mol. The van der Waals surface area contributed by atoms with Gasteiger partial charge in [0.05, 0.1) is 24.9 Å². The summed E-state index contributed by atoms with van der Waals surface area (Å²) in [5.74, 6) is 2.12. The average molecular weight is 487 g/mol. The Bertz CT molecular complexity index is 921. The second-order valence-electron chi connectivity index (χ2n) is 6.61. The predicted octanol–water partition coefficient (Wildman–Crippen LogP) is 3.39. The first-order valence-corrected chi connectivity index (χ1v) is 11.7. The van der Waals surface area contributed by atoms with E-state index in [9.17, 15) is 8.42 Å². The average Bonchev–Trinajstić information content (AvgIpc) is 2.66. The molecule has 9 heteroatoms. The molecule has 2 rings (SSSR count). The van der Waals surface area contributed by atoms with E-state index in [4.69, 9.17) is 14.2 Å². The third-order valence-corrected chi connectivity index (χ3v) is 5.42. The molecule has 0 fully saturated rings. The lowest BCUT2D eigenvalue weighted by Crippen LogP contribution is -2.26. The summed E-state index contributed by atoms with van der Waals surface area (Å²) in [4.78, 5) is 2.18. The van der Waals surface area contributed by atoms with Crippen molar-refractivity contribution < 1.29 is 22.6 Å². The monoisotopic (exact) mass is 486 g/mol. The maximum atomic E-state index is 11.3. The molecule has 0 aromatic heterocycles. The Morgan fingerprint density at radius 2 is 1.69 bits per heavy atom. The van der Waals surface area contributed by atoms with Gasteiger partial charge in [0.2, 0.25) is 10.0 Å². The van der Waals surface area contributed by atoms with Crippen LogP contribution in [0.4, 0.5) is 5.69 Å². The lowest BCUT2D eigenvalue weighted by atomic mass is 10.1. The number of rotatable bonds is 11. The largest absolute Gasteiger partial charge is 0.493 e. The number of nitrogens with zero attached hydrogens (tertiary/aromatic N) is 1. The fourth-order valence-corrected chi connectivity index (χ4v) is 3.72. The first-order valence-electron chi connectivity index (χ1n) is 9.01. The van der Waals surface area contributed by atoms with Gasteiger partial charge in [0, 0.05) is 18.8 Å². The van der Waals surface area contributed by atoms with Gasteiger partial charge in [0.15, 0.2) is 11.5 Å². The van der Waals surface area contributed by atoms with Crippen molar-refractivity contribution in [2.24, 2.45) is 0 Å². The van der Waals surface area contributed by atoms with Gasteiger partial charge < -0.3 is 19.1 Å². The van der Waals surface area contributed by atoms with Crippen LogP contribution < -0.4 is 18.9 Å². The number of likely N-dealkylation sites (N-methyl/N-ethyl adjacent to an activating group) is 1. The molecule has 29 heavy (non-hydrogen) atoms. The van der Waals surface area contributed by atoms with Crippen molar-refractivity contribution in [3.63, 3.8) is 0 Å². The molecule has 2 aromatic carbocycles. The zero-order valence-corrected chi connectivity index (χ0v) is 19.5. The van der Waals surface area contributed by atoms with E-state index in [0.717, 1.165) is 37.3 Å². The molecule has 7 nitrogen and oxygen atoms in total. The molecule has 0 saturated heterocycles. The summed E-state index contributed by atoms with van der Waals surface area (Å²) in [5.41, 5.74) is 1.66. The molecule has 2 aromatic rings. The van der Waals surface area contributed by atoms with E-state index in [-0.39, 0.29) is 0 Å². The van der Waals surface area contributed by atoms with Gasteiger partial charge in [0.1, 0.15) is 12.4 Å². The number of methoxy groups -OCH3 is 2. The Hall–Kier alpha value is -1.97. The zero-order chi connectivity index (χ0) is 21.4. The lowest BCUT2D eigenvalue weighted by molar-refractivity contribution is 0.238. The van der Waals surface area contributed by atoms with E-state index in [2.05, 4.69) is 25.6 Å². The SMILES string of the molecule is COc1ccc(CCN(C)CCOc2ccc(NS(C)(=O)=O)cc2Br)cc1OC. The highest BCUT2D eigenvalue weighted by Gasteiger charge is 2.08. The molecule has 160 valence electrons. The second-order valence-corrected chi connectivity index (χ2v) is 9.21.